The van der Waals surface area contributed by atoms with E-state index in [0.717, 1.165) is 30.0 Å². The molecule has 0 N–H and O–H groups in total. The molecule has 4 nitrogen and oxygen atoms in total. The number of hydrogen-bond donors (Lipinski definition) is 0. The molecule has 19 heavy (non-hydrogen) atoms. The first-order valence-electron chi connectivity index (χ1n) is 6.86. The van der Waals surface area contributed by atoms with Gasteiger partial charge in [-0.15, -0.1) is 0 Å². The molecule has 100 valence electrons. The highest BCUT2D eigenvalue weighted by atomic mass is 16.1. The van der Waals surface area contributed by atoms with Gasteiger partial charge in [0, 0.05) is 12.4 Å². The zero-order valence-corrected chi connectivity index (χ0v) is 11.2. The summed E-state index contributed by atoms with van der Waals surface area (Å²) in [7, 11) is 2.18. The first-order valence-corrected chi connectivity index (χ1v) is 6.86. The molecule has 1 aliphatic rings. The number of pyridine rings is 1. The molecule has 2 aromatic rings. The molecule has 4 heteroatoms. The van der Waals surface area contributed by atoms with E-state index in [1.807, 2.05) is 22.7 Å². The van der Waals surface area contributed by atoms with Gasteiger partial charge < -0.3 is 9.30 Å². The van der Waals surface area contributed by atoms with Gasteiger partial charge in [0.1, 0.15) is 5.65 Å². The van der Waals surface area contributed by atoms with Gasteiger partial charge in [-0.3, -0.25) is 4.79 Å². The maximum Gasteiger partial charge on any atom is 0.153 e. The van der Waals surface area contributed by atoms with Crippen LogP contribution in [-0.4, -0.2) is 40.7 Å². The summed E-state index contributed by atoms with van der Waals surface area (Å²) >= 11 is 0. The van der Waals surface area contributed by atoms with Crippen LogP contribution in [-0.2, 0) is 6.42 Å². The number of likely N-dealkylation sites (tertiary alicyclic amines) is 1. The maximum atomic E-state index is 11.0. The molecule has 3 heterocycles. The molecule has 0 spiro atoms. The normalized spacial score (nSPS) is 17.9. The van der Waals surface area contributed by atoms with Crippen molar-refractivity contribution in [3.63, 3.8) is 0 Å². The van der Waals surface area contributed by atoms with Gasteiger partial charge in [0.25, 0.3) is 0 Å². The lowest BCUT2D eigenvalue weighted by Gasteiger charge is -2.28. The van der Waals surface area contributed by atoms with Gasteiger partial charge in [-0.1, -0.05) is 0 Å². The fourth-order valence-corrected chi connectivity index (χ4v) is 2.84. The third-order valence-electron chi connectivity index (χ3n) is 4.03. The number of imidazole rings is 1. The van der Waals surface area contributed by atoms with Crippen LogP contribution >= 0.6 is 0 Å². The van der Waals surface area contributed by atoms with Gasteiger partial charge in [0.15, 0.2) is 6.29 Å². The quantitative estimate of drug-likeness (QED) is 0.790. The second-order valence-corrected chi connectivity index (χ2v) is 5.50. The molecule has 0 amide bonds. The highest BCUT2D eigenvalue weighted by Crippen LogP contribution is 2.21. The number of piperidine rings is 1. The lowest BCUT2D eigenvalue weighted by atomic mass is 9.93. The molecule has 0 radical (unpaired) electrons. The Morgan fingerprint density at radius 1 is 1.42 bits per heavy atom. The minimum atomic E-state index is 0.664. The smallest absolute Gasteiger partial charge is 0.153 e. The molecule has 0 aromatic carbocycles. The molecular weight excluding hydrogens is 238 g/mol. The Morgan fingerprint density at radius 3 is 2.95 bits per heavy atom. The largest absolute Gasteiger partial charge is 0.306 e. The number of rotatable bonds is 3. The zero-order chi connectivity index (χ0) is 13.2. The average molecular weight is 257 g/mol. The molecule has 0 unspecified atom stereocenters. The van der Waals surface area contributed by atoms with Crippen molar-refractivity contribution in [3.8, 4) is 0 Å². The van der Waals surface area contributed by atoms with E-state index >= 15 is 0 Å². The second-order valence-electron chi connectivity index (χ2n) is 5.50. The van der Waals surface area contributed by atoms with E-state index in [0.29, 0.717) is 5.56 Å². The van der Waals surface area contributed by atoms with Crippen LogP contribution < -0.4 is 0 Å². The number of hydrogen-bond acceptors (Lipinski definition) is 3. The number of aldehydes is 1. The summed E-state index contributed by atoms with van der Waals surface area (Å²) in [6, 6.07) is 3.70. The number of nitrogens with zero attached hydrogens (tertiary/aromatic N) is 3. The van der Waals surface area contributed by atoms with E-state index in [9.17, 15) is 4.79 Å². The predicted octanol–water partition coefficient (Wildman–Crippen LogP) is 2.03. The van der Waals surface area contributed by atoms with Crippen molar-refractivity contribution < 1.29 is 4.79 Å². The van der Waals surface area contributed by atoms with E-state index in [4.69, 9.17) is 0 Å². The number of carbonyl (C=O) groups excluding carboxylic acids is 1. The molecular formula is C15H19N3O. The van der Waals surface area contributed by atoms with Gasteiger partial charge >= 0.3 is 0 Å². The minimum absolute atomic E-state index is 0.664. The van der Waals surface area contributed by atoms with E-state index in [2.05, 4.69) is 23.1 Å². The molecule has 1 fully saturated rings. The van der Waals surface area contributed by atoms with Crippen molar-refractivity contribution in [2.24, 2.45) is 5.92 Å². The number of fused-ring (bicyclic) bond motifs is 1. The third-order valence-corrected chi connectivity index (χ3v) is 4.03. The fraction of sp³-hybridized carbons (Fsp3) is 0.467. The van der Waals surface area contributed by atoms with Crippen molar-refractivity contribution in [3.05, 3.63) is 35.8 Å². The summed E-state index contributed by atoms with van der Waals surface area (Å²) < 4.78 is 1.95. The lowest BCUT2D eigenvalue weighted by Crippen LogP contribution is -2.30. The monoisotopic (exact) mass is 257 g/mol. The standard InChI is InChI=1S/C15H19N3O/c1-17-7-4-12(5-8-17)9-14-10-18-6-2-3-13(11-19)15(18)16-14/h2-3,6,10-12H,4-5,7-9H2,1H3. The molecule has 1 saturated heterocycles. The van der Waals surface area contributed by atoms with Gasteiger partial charge in [-0.25, -0.2) is 4.98 Å². The predicted molar refractivity (Wildman–Crippen MR) is 74.5 cm³/mol. The molecule has 1 aliphatic heterocycles. The summed E-state index contributed by atoms with van der Waals surface area (Å²) in [6.45, 7) is 2.36. The first-order chi connectivity index (χ1) is 9.26. The van der Waals surface area contributed by atoms with Crippen LogP contribution in [0.4, 0.5) is 0 Å². The molecule has 2 aromatic heterocycles. The second kappa shape index (κ2) is 5.13. The Kier molecular flexibility index (Phi) is 3.34. The van der Waals surface area contributed by atoms with Crippen molar-refractivity contribution in [2.45, 2.75) is 19.3 Å². The Bertz CT molecular complexity index is 582. The zero-order valence-electron chi connectivity index (χ0n) is 11.2. The van der Waals surface area contributed by atoms with Crippen LogP contribution in [0.5, 0.6) is 0 Å². The summed E-state index contributed by atoms with van der Waals surface area (Å²) in [5.74, 6) is 0.723. The van der Waals surface area contributed by atoms with Crippen molar-refractivity contribution in [1.29, 1.82) is 0 Å². The lowest BCUT2D eigenvalue weighted by molar-refractivity contribution is 0.112. The Balaban J connectivity index is 1.80. The minimum Gasteiger partial charge on any atom is -0.306 e. The van der Waals surface area contributed by atoms with Gasteiger partial charge in [-0.05, 0) is 57.5 Å². The van der Waals surface area contributed by atoms with E-state index < -0.39 is 0 Å². The van der Waals surface area contributed by atoms with E-state index in [1.165, 1.54) is 25.9 Å². The van der Waals surface area contributed by atoms with Crippen molar-refractivity contribution in [2.75, 3.05) is 20.1 Å². The van der Waals surface area contributed by atoms with Crippen LogP contribution in [0.2, 0.25) is 0 Å². The molecule has 0 saturated carbocycles. The van der Waals surface area contributed by atoms with Crippen LogP contribution in [0.1, 0.15) is 28.9 Å². The number of carbonyl (C=O) groups is 1. The maximum absolute atomic E-state index is 11.0. The average Bonchev–Trinajstić information content (AvgIpc) is 2.83. The SMILES string of the molecule is CN1CCC(Cc2cn3cccc(C=O)c3n2)CC1. The number of aromatic nitrogens is 2. The summed E-state index contributed by atoms with van der Waals surface area (Å²) in [4.78, 5) is 18.0. The van der Waals surface area contributed by atoms with Crippen LogP contribution in [0.15, 0.2) is 24.5 Å². The molecule has 3 rings (SSSR count). The van der Waals surface area contributed by atoms with Gasteiger partial charge in [0.2, 0.25) is 0 Å². The van der Waals surface area contributed by atoms with E-state index in [1.54, 1.807) is 0 Å². The fourth-order valence-electron chi connectivity index (χ4n) is 2.84. The summed E-state index contributed by atoms with van der Waals surface area (Å²) in [6.07, 6.45) is 8.39. The molecule has 0 bridgehead atoms. The third kappa shape index (κ3) is 2.54. The Labute approximate surface area is 113 Å². The highest BCUT2D eigenvalue weighted by molar-refractivity contribution is 5.84. The Hall–Kier alpha value is -1.68. The van der Waals surface area contributed by atoms with Crippen molar-refractivity contribution >= 4 is 11.9 Å². The van der Waals surface area contributed by atoms with E-state index in [-0.39, 0.29) is 0 Å². The molecule has 0 aliphatic carbocycles. The highest BCUT2D eigenvalue weighted by Gasteiger charge is 2.18. The molecule has 0 atom stereocenters. The first kappa shape index (κ1) is 12.4. The van der Waals surface area contributed by atoms with Crippen LogP contribution in [0.25, 0.3) is 5.65 Å². The Morgan fingerprint density at radius 2 is 2.21 bits per heavy atom. The van der Waals surface area contributed by atoms with Crippen LogP contribution in [0.3, 0.4) is 0 Å². The summed E-state index contributed by atoms with van der Waals surface area (Å²) in [5, 5.41) is 0. The van der Waals surface area contributed by atoms with Gasteiger partial charge in [0.05, 0.1) is 11.3 Å². The topological polar surface area (TPSA) is 37.6 Å². The van der Waals surface area contributed by atoms with Crippen molar-refractivity contribution in [1.82, 2.24) is 14.3 Å². The van der Waals surface area contributed by atoms with Gasteiger partial charge in [-0.2, -0.15) is 0 Å². The summed E-state index contributed by atoms with van der Waals surface area (Å²) in [5.41, 5.74) is 2.54. The van der Waals surface area contributed by atoms with Crippen LogP contribution in [0, 0.1) is 5.92 Å².